The second-order valence-corrected chi connectivity index (χ2v) is 13.8. The van der Waals surface area contributed by atoms with Crippen molar-refractivity contribution < 1.29 is 44.7 Å². The van der Waals surface area contributed by atoms with Crippen LogP contribution < -0.4 is 10.2 Å². The van der Waals surface area contributed by atoms with Gasteiger partial charge in [0.1, 0.15) is 22.9 Å². The molecule has 0 bridgehead atoms. The lowest BCUT2D eigenvalue weighted by molar-refractivity contribution is -0.165. The number of hydrogen-bond donors (Lipinski definition) is 1. The Labute approximate surface area is 248 Å². The molecule has 2 aromatic carbocycles. The molecule has 43 heavy (non-hydrogen) atoms. The number of fused-ring (bicyclic) bond motifs is 1. The highest BCUT2D eigenvalue weighted by molar-refractivity contribution is 7.91. The molecule has 2 heterocycles. The van der Waals surface area contributed by atoms with Crippen LogP contribution in [0, 0.1) is 5.82 Å². The molecule has 1 atom stereocenters. The predicted molar refractivity (Wildman–Crippen MR) is 145 cm³/mol. The Morgan fingerprint density at radius 2 is 1.81 bits per heavy atom. The molecule has 1 fully saturated rings. The van der Waals surface area contributed by atoms with Crippen LogP contribution in [0.5, 0.6) is 0 Å². The van der Waals surface area contributed by atoms with E-state index in [0.29, 0.717) is 16.7 Å². The molecule has 3 aromatic rings. The number of alkyl halides is 3. The van der Waals surface area contributed by atoms with Crippen LogP contribution in [0.4, 0.5) is 28.0 Å². The van der Waals surface area contributed by atoms with Crippen molar-refractivity contribution in [1.29, 1.82) is 0 Å². The molecule has 1 aliphatic heterocycles. The van der Waals surface area contributed by atoms with E-state index >= 15 is 4.39 Å². The predicted octanol–water partition coefficient (Wildman–Crippen LogP) is 5.34. The zero-order valence-corrected chi connectivity index (χ0v) is 24.5. The van der Waals surface area contributed by atoms with Gasteiger partial charge in [0.05, 0.1) is 28.4 Å². The number of benzene rings is 2. The molecule has 5 rings (SSSR count). The molecular formula is C27H25ClF4N4O6S. The number of ether oxygens (including phenoxy) is 1. The molecule has 1 saturated carbocycles. The number of amides is 2. The third-order valence-corrected chi connectivity index (χ3v) is 8.95. The highest BCUT2D eigenvalue weighted by Gasteiger charge is 2.68. The molecule has 0 radical (unpaired) electrons. The smallest absolute Gasteiger partial charge is 0.408 e. The van der Waals surface area contributed by atoms with E-state index in [4.69, 9.17) is 20.8 Å². The minimum absolute atomic E-state index is 0.248. The zero-order chi connectivity index (χ0) is 31.5. The van der Waals surface area contributed by atoms with E-state index in [-0.39, 0.29) is 25.1 Å². The first-order chi connectivity index (χ1) is 19.9. The van der Waals surface area contributed by atoms with E-state index in [1.54, 1.807) is 32.9 Å². The van der Waals surface area contributed by atoms with Gasteiger partial charge >= 0.3 is 12.3 Å². The molecule has 1 aliphatic carbocycles. The number of nitrogens with one attached hydrogen (secondary N) is 1. The van der Waals surface area contributed by atoms with Crippen molar-refractivity contribution in [3.05, 3.63) is 58.7 Å². The molecule has 10 nitrogen and oxygen atoms in total. The van der Waals surface area contributed by atoms with E-state index in [1.807, 2.05) is 0 Å². The van der Waals surface area contributed by atoms with E-state index < -0.39 is 78.9 Å². The minimum Gasteiger partial charge on any atom is -0.444 e. The minimum atomic E-state index is -4.67. The van der Waals surface area contributed by atoms with Crippen LogP contribution in [0.25, 0.3) is 11.5 Å². The molecule has 230 valence electrons. The number of carbonyl (C=O) groups excluding carboxylic acids is 2. The van der Waals surface area contributed by atoms with Crippen molar-refractivity contribution in [2.75, 3.05) is 10.7 Å². The third-order valence-electron chi connectivity index (χ3n) is 6.93. The topological polar surface area (TPSA) is 132 Å². The molecule has 2 aliphatic rings. The fourth-order valence-electron chi connectivity index (χ4n) is 4.61. The highest BCUT2D eigenvalue weighted by atomic mass is 35.5. The first kappa shape index (κ1) is 30.7. The maximum Gasteiger partial charge on any atom is 0.408 e. The number of anilines is 1. The van der Waals surface area contributed by atoms with Crippen molar-refractivity contribution >= 4 is 39.1 Å². The maximum atomic E-state index is 15.5. The van der Waals surface area contributed by atoms with Gasteiger partial charge in [-0.05, 0) is 63.4 Å². The van der Waals surface area contributed by atoms with Crippen LogP contribution in [0.15, 0.2) is 45.7 Å². The number of halogens is 5. The summed E-state index contributed by atoms with van der Waals surface area (Å²) in [6.07, 6.45) is -6.28. The summed E-state index contributed by atoms with van der Waals surface area (Å²) < 4.78 is 93.7. The molecule has 0 spiro atoms. The number of nitrogens with zero attached hydrogens (tertiary/aromatic N) is 3. The number of hydrogen-bond acceptors (Lipinski definition) is 8. The van der Waals surface area contributed by atoms with Crippen LogP contribution in [0.3, 0.4) is 0 Å². The van der Waals surface area contributed by atoms with Gasteiger partial charge < -0.3 is 19.4 Å². The SMILES string of the molecule is CC(C)(C)OC(=O)N[C@H]1CS(=O)(=O)c2cc(F)c(-c3nnc(C4(C(F)(F)F)CC4)o3)cc2N(Cc2ccc(Cl)cc2)C1=O. The maximum absolute atomic E-state index is 15.5. The van der Waals surface area contributed by atoms with Crippen molar-refractivity contribution in [2.24, 2.45) is 0 Å². The lowest BCUT2D eigenvalue weighted by Gasteiger charge is -2.27. The van der Waals surface area contributed by atoms with Crippen LogP contribution in [0.2, 0.25) is 5.02 Å². The largest absolute Gasteiger partial charge is 0.444 e. The molecule has 16 heteroatoms. The summed E-state index contributed by atoms with van der Waals surface area (Å²) in [5, 5.41) is 9.79. The standard InChI is InChI=1S/C27H25ClF4N4O6S/c1-25(2,3)42-24(38)33-18-13-43(39,40)20-11-17(29)16(21-34-35-23(41-21)26(8-9-26)27(30,31)32)10-19(20)36(22(18)37)12-14-4-6-15(28)7-5-14/h4-7,10-11,18H,8-9,12-13H2,1-3H3,(H,33,38)/t18-/m0/s1. The van der Waals surface area contributed by atoms with E-state index in [2.05, 4.69) is 15.5 Å². The summed E-state index contributed by atoms with van der Waals surface area (Å²) in [7, 11) is -4.44. The summed E-state index contributed by atoms with van der Waals surface area (Å²) in [6.45, 7) is 4.48. The van der Waals surface area contributed by atoms with Gasteiger partial charge in [-0.2, -0.15) is 13.2 Å². The van der Waals surface area contributed by atoms with Gasteiger partial charge in [0.2, 0.25) is 5.89 Å². The van der Waals surface area contributed by atoms with Crippen LogP contribution in [-0.2, 0) is 31.3 Å². The van der Waals surface area contributed by atoms with Gasteiger partial charge in [-0.25, -0.2) is 17.6 Å². The quantitative estimate of drug-likeness (QED) is 0.369. The molecule has 2 amide bonds. The van der Waals surface area contributed by atoms with Crippen molar-refractivity contribution in [3.63, 3.8) is 0 Å². The van der Waals surface area contributed by atoms with Gasteiger partial charge in [0.15, 0.2) is 9.84 Å². The van der Waals surface area contributed by atoms with Gasteiger partial charge in [-0.15, -0.1) is 10.2 Å². The monoisotopic (exact) mass is 644 g/mol. The summed E-state index contributed by atoms with van der Waals surface area (Å²) in [5.41, 5.74) is -3.62. The van der Waals surface area contributed by atoms with Gasteiger partial charge in [0, 0.05) is 5.02 Å². The average molecular weight is 645 g/mol. The van der Waals surface area contributed by atoms with Crippen molar-refractivity contribution in [2.45, 2.75) is 68.3 Å². The van der Waals surface area contributed by atoms with E-state index in [0.717, 1.165) is 11.0 Å². The Morgan fingerprint density at radius 1 is 1.16 bits per heavy atom. The Balaban J connectivity index is 1.61. The number of sulfone groups is 1. The van der Waals surface area contributed by atoms with Crippen LogP contribution in [-0.4, -0.2) is 54.2 Å². The summed E-state index contributed by atoms with van der Waals surface area (Å²) in [4.78, 5) is 26.8. The third kappa shape index (κ3) is 6.05. The Morgan fingerprint density at radius 3 is 2.40 bits per heavy atom. The Hall–Kier alpha value is -3.72. The highest BCUT2D eigenvalue weighted by Crippen LogP contribution is 2.58. The molecule has 1 aromatic heterocycles. The number of aromatic nitrogens is 2. The van der Waals surface area contributed by atoms with Gasteiger partial charge in [-0.1, -0.05) is 23.7 Å². The van der Waals surface area contributed by atoms with Crippen LogP contribution in [0.1, 0.15) is 45.1 Å². The van der Waals surface area contributed by atoms with Gasteiger partial charge in [0.25, 0.3) is 11.8 Å². The first-order valence-electron chi connectivity index (χ1n) is 12.9. The van der Waals surface area contributed by atoms with Crippen LogP contribution >= 0.6 is 11.6 Å². The summed E-state index contributed by atoms with van der Waals surface area (Å²) in [5.74, 6) is -4.36. The first-order valence-corrected chi connectivity index (χ1v) is 15.0. The van der Waals surface area contributed by atoms with E-state index in [1.165, 1.54) is 12.1 Å². The lowest BCUT2D eigenvalue weighted by atomic mass is 10.1. The normalized spacial score (nSPS) is 19.4. The summed E-state index contributed by atoms with van der Waals surface area (Å²) >= 11 is 5.98. The molecule has 1 N–H and O–H groups in total. The number of alkyl carbamates (subject to hydrolysis) is 1. The number of carbonyl (C=O) groups is 2. The summed E-state index contributed by atoms with van der Waals surface area (Å²) in [6, 6.07) is 6.19. The van der Waals surface area contributed by atoms with Crippen molar-refractivity contribution in [1.82, 2.24) is 15.5 Å². The van der Waals surface area contributed by atoms with Crippen molar-refractivity contribution in [3.8, 4) is 11.5 Å². The molecular weight excluding hydrogens is 620 g/mol. The zero-order valence-electron chi connectivity index (χ0n) is 23.0. The Bertz CT molecular complexity index is 1700. The molecule has 0 saturated heterocycles. The van der Waals surface area contributed by atoms with Gasteiger partial charge in [-0.3, -0.25) is 4.79 Å². The average Bonchev–Trinajstić information content (AvgIpc) is 3.58. The fraction of sp³-hybridized carbons (Fsp3) is 0.407. The second kappa shape index (κ2) is 10.5. The lowest BCUT2D eigenvalue weighted by Crippen LogP contribution is -2.51. The number of rotatable bonds is 5. The fourth-order valence-corrected chi connectivity index (χ4v) is 6.35. The Kier molecular flexibility index (Phi) is 7.48. The second-order valence-electron chi connectivity index (χ2n) is 11.3. The molecule has 0 unspecified atom stereocenters. The van der Waals surface area contributed by atoms with E-state index in [9.17, 15) is 31.2 Å².